The molecule has 2 aromatic rings. The molecule has 0 fully saturated rings. The van der Waals surface area contributed by atoms with Crippen LogP contribution >= 0.6 is 0 Å². The Hall–Kier alpha value is -4.88. The molecule has 0 bridgehead atoms. The van der Waals surface area contributed by atoms with Crippen molar-refractivity contribution in [1.29, 1.82) is 0 Å². The number of hydrogen-bond acceptors (Lipinski definition) is 10. The van der Waals surface area contributed by atoms with E-state index >= 15 is 0 Å². The summed E-state index contributed by atoms with van der Waals surface area (Å²) in [5, 5.41) is 53.4. The molecule has 2 aromatic carbocycles. The van der Waals surface area contributed by atoms with E-state index < -0.39 is 69.8 Å². The van der Waals surface area contributed by atoms with Crippen molar-refractivity contribution in [2.24, 2.45) is 17.6 Å². The Morgan fingerprint density at radius 2 is 1.71 bits per heavy atom. The van der Waals surface area contributed by atoms with Gasteiger partial charge in [0.1, 0.15) is 17.1 Å². The van der Waals surface area contributed by atoms with Crippen molar-refractivity contribution in [1.82, 2.24) is 4.90 Å². The zero-order valence-electron chi connectivity index (χ0n) is 23.1. The summed E-state index contributed by atoms with van der Waals surface area (Å²) in [7, 11) is 4.73. The zero-order valence-corrected chi connectivity index (χ0v) is 23.1. The number of rotatable bonds is 5. The molecule has 0 saturated carbocycles. The summed E-state index contributed by atoms with van der Waals surface area (Å²) in [4.78, 5) is 53.7. The standard InChI is InChI=1S/C29H31N5O8/c1-31-16-11-17(33-28(41)32-13-7-5-4-6-8-13)22(35)19-14(16)9-12-10-15-21(34(2)3)24(37)20(27(30)40)26(39)29(15,42)25(38)18(12)23(19)36/h4-8,11-12,15,21,31,35,37-38,42H,9-10H2,1-3H3,(H2,30,40)(H2,32,33,41)/t12-,15-,21-,29-/m0/s1. The number of nitrogens with zero attached hydrogens (tertiary/aromatic N) is 1. The van der Waals surface area contributed by atoms with Gasteiger partial charge >= 0.3 is 6.03 Å². The van der Waals surface area contributed by atoms with Crippen LogP contribution in [0.15, 0.2) is 59.1 Å². The summed E-state index contributed by atoms with van der Waals surface area (Å²) in [6, 6.07) is 8.26. The molecule has 0 heterocycles. The minimum absolute atomic E-state index is 0.0326. The largest absolute Gasteiger partial charge is 0.510 e. The molecule has 0 aromatic heterocycles. The first-order valence-corrected chi connectivity index (χ1v) is 13.2. The number of primary amides is 1. The second-order valence-electron chi connectivity index (χ2n) is 10.8. The number of carbonyl (C=O) groups excluding carboxylic acids is 4. The normalized spacial score (nSPS) is 25.0. The van der Waals surface area contributed by atoms with Gasteiger partial charge in [-0.05, 0) is 56.6 Å². The van der Waals surface area contributed by atoms with E-state index in [1.807, 2.05) is 0 Å². The average molecular weight is 578 g/mol. The number of phenols is 1. The SMILES string of the molecule is CNc1cc(NC(=O)Nc2ccccc2)c(O)c2c1C[C@H]1C[C@H]3[C@H](N(C)C)C(O)=C(C(N)=O)C(=O)[C@@]3(O)C(O)=C1C2=O. The van der Waals surface area contributed by atoms with Gasteiger partial charge in [0.2, 0.25) is 5.78 Å². The molecule has 0 saturated heterocycles. The molecule has 4 atom stereocenters. The molecule has 0 spiro atoms. The van der Waals surface area contributed by atoms with Gasteiger partial charge in [-0.2, -0.15) is 0 Å². The highest BCUT2D eigenvalue weighted by molar-refractivity contribution is 6.25. The van der Waals surface area contributed by atoms with Crippen molar-refractivity contribution in [2.75, 3.05) is 37.1 Å². The van der Waals surface area contributed by atoms with E-state index in [1.165, 1.54) is 11.0 Å². The number of amides is 3. The van der Waals surface area contributed by atoms with Gasteiger partial charge < -0.3 is 42.1 Å². The number of urea groups is 1. The van der Waals surface area contributed by atoms with E-state index in [0.29, 0.717) is 16.9 Å². The van der Waals surface area contributed by atoms with Gasteiger partial charge in [0.15, 0.2) is 17.1 Å². The van der Waals surface area contributed by atoms with Crippen molar-refractivity contribution in [3.05, 3.63) is 70.2 Å². The second-order valence-corrected chi connectivity index (χ2v) is 10.8. The summed E-state index contributed by atoms with van der Waals surface area (Å²) < 4.78 is 0. The number of nitrogens with two attached hydrogens (primary N) is 1. The number of aliphatic hydroxyl groups excluding tert-OH is 2. The number of phenolic OH excluding ortho intramolecular Hbond substituents is 1. The fourth-order valence-electron chi connectivity index (χ4n) is 6.44. The van der Waals surface area contributed by atoms with Crippen LogP contribution in [0.25, 0.3) is 0 Å². The molecule has 0 unspecified atom stereocenters. The third kappa shape index (κ3) is 4.16. The van der Waals surface area contributed by atoms with E-state index in [-0.39, 0.29) is 29.7 Å². The molecule has 3 aliphatic rings. The Bertz CT molecular complexity index is 1600. The highest BCUT2D eigenvalue weighted by Gasteiger charge is 2.63. The number of nitrogens with one attached hydrogen (secondary N) is 3. The number of carbonyl (C=O) groups is 4. The number of allylic oxidation sites excluding steroid dienone is 1. The molecule has 5 rings (SSSR count). The number of Topliss-reactive ketones (excluding diaryl/α,β-unsaturated/α-hetero) is 2. The molecule has 3 aliphatic carbocycles. The first-order chi connectivity index (χ1) is 19.8. The summed E-state index contributed by atoms with van der Waals surface area (Å²) >= 11 is 0. The summed E-state index contributed by atoms with van der Waals surface area (Å²) in [6.07, 6.45) is 0.0733. The van der Waals surface area contributed by atoms with E-state index in [4.69, 9.17) is 5.73 Å². The summed E-state index contributed by atoms with van der Waals surface area (Å²) in [5.41, 5.74) is 2.45. The number of fused-ring (bicyclic) bond motifs is 3. The number of ketones is 2. The topological polar surface area (TPSA) is 215 Å². The average Bonchev–Trinajstić information content (AvgIpc) is 2.92. The van der Waals surface area contributed by atoms with Crippen LogP contribution < -0.4 is 21.7 Å². The van der Waals surface area contributed by atoms with Crippen LogP contribution in [0.5, 0.6) is 5.75 Å². The maximum atomic E-state index is 14.0. The van der Waals surface area contributed by atoms with Crippen LogP contribution in [0.3, 0.4) is 0 Å². The third-order valence-electron chi connectivity index (χ3n) is 8.27. The highest BCUT2D eigenvalue weighted by Crippen LogP contribution is 2.53. The Kier molecular flexibility index (Phi) is 6.95. The van der Waals surface area contributed by atoms with Crippen molar-refractivity contribution >= 4 is 40.6 Å². The number of para-hydroxylation sites is 1. The quantitative estimate of drug-likeness (QED) is 0.146. The van der Waals surface area contributed by atoms with E-state index in [9.17, 15) is 39.6 Å². The number of hydrogen-bond donors (Lipinski definition) is 8. The van der Waals surface area contributed by atoms with Gasteiger partial charge in [0.25, 0.3) is 5.91 Å². The molecular formula is C29H31N5O8. The Balaban J connectivity index is 1.61. The van der Waals surface area contributed by atoms with E-state index in [0.717, 1.165) is 0 Å². The molecule has 13 nitrogen and oxygen atoms in total. The fraction of sp³-hybridized carbons (Fsp3) is 0.310. The lowest BCUT2D eigenvalue weighted by Gasteiger charge is -2.50. The number of aromatic hydroxyl groups is 1. The molecule has 3 amide bonds. The maximum absolute atomic E-state index is 14.0. The molecule has 13 heteroatoms. The number of aliphatic hydroxyl groups is 3. The van der Waals surface area contributed by atoms with Crippen LogP contribution in [0.4, 0.5) is 21.9 Å². The number of likely N-dealkylation sites (N-methyl/N-ethyl adjacent to an activating group) is 1. The van der Waals surface area contributed by atoms with Crippen molar-refractivity contribution < 1.29 is 39.6 Å². The summed E-state index contributed by atoms with van der Waals surface area (Å²) in [5.74, 6) is -7.48. The minimum Gasteiger partial charge on any atom is -0.510 e. The number of anilines is 3. The summed E-state index contributed by atoms with van der Waals surface area (Å²) in [6.45, 7) is 0. The predicted molar refractivity (Wildman–Crippen MR) is 152 cm³/mol. The van der Waals surface area contributed by atoms with Gasteiger partial charge in [-0.15, -0.1) is 0 Å². The highest BCUT2D eigenvalue weighted by atomic mass is 16.3. The van der Waals surface area contributed by atoms with Crippen LogP contribution in [0.2, 0.25) is 0 Å². The molecule has 0 radical (unpaired) electrons. The van der Waals surface area contributed by atoms with Crippen molar-refractivity contribution in [3.63, 3.8) is 0 Å². The first-order valence-electron chi connectivity index (χ1n) is 13.2. The van der Waals surface area contributed by atoms with Crippen molar-refractivity contribution in [3.8, 4) is 5.75 Å². The zero-order chi connectivity index (χ0) is 30.7. The van der Waals surface area contributed by atoms with Gasteiger partial charge in [0, 0.05) is 29.9 Å². The lowest BCUT2D eigenvalue weighted by molar-refractivity contribution is -0.148. The molecule has 220 valence electrons. The van der Waals surface area contributed by atoms with Gasteiger partial charge in [-0.1, -0.05) is 18.2 Å². The van der Waals surface area contributed by atoms with Crippen LogP contribution in [0.1, 0.15) is 22.3 Å². The van der Waals surface area contributed by atoms with Gasteiger partial charge in [0.05, 0.1) is 17.3 Å². The lowest BCUT2D eigenvalue weighted by Crippen LogP contribution is -2.63. The Morgan fingerprint density at radius 1 is 1.05 bits per heavy atom. The van der Waals surface area contributed by atoms with E-state index in [2.05, 4.69) is 16.0 Å². The van der Waals surface area contributed by atoms with Crippen LogP contribution in [-0.2, 0) is 16.0 Å². The molecule has 9 N–H and O–H groups in total. The third-order valence-corrected chi connectivity index (χ3v) is 8.27. The molecule has 0 aliphatic heterocycles. The number of benzene rings is 2. The first kappa shape index (κ1) is 28.6. The lowest BCUT2D eigenvalue weighted by atomic mass is 9.58. The fourth-order valence-corrected chi connectivity index (χ4v) is 6.44. The smallest absolute Gasteiger partial charge is 0.323 e. The van der Waals surface area contributed by atoms with E-state index in [1.54, 1.807) is 51.5 Å². The van der Waals surface area contributed by atoms with Crippen LogP contribution in [-0.4, -0.2) is 81.6 Å². The van der Waals surface area contributed by atoms with Crippen LogP contribution in [0, 0.1) is 11.8 Å². The monoisotopic (exact) mass is 577 g/mol. The van der Waals surface area contributed by atoms with Gasteiger partial charge in [-0.25, -0.2) is 4.79 Å². The Morgan fingerprint density at radius 3 is 2.31 bits per heavy atom. The predicted octanol–water partition coefficient (Wildman–Crippen LogP) is 1.81. The minimum atomic E-state index is -2.74. The van der Waals surface area contributed by atoms with Gasteiger partial charge in [-0.3, -0.25) is 19.3 Å². The molecular weight excluding hydrogens is 546 g/mol. The Labute approximate surface area is 240 Å². The molecule has 42 heavy (non-hydrogen) atoms. The second kappa shape index (κ2) is 10.2. The van der Waals surface area contributed by atoms with Crippen molar-refractivity contribution in [2.45, 2.75) is 24.5 Å². The maximum Gasteiger partial charge on any atom is 0.323 e.